The van der Waals surface area contributed by atoms with E-state index in [2.05, 4.69) is 0 Å². The predicted octanol–water partition coefficient (Wildman–Crippen LogP) is 1.86. The molecule has 0 heterocycles. The van der Waals surface area contributed by atoms with Gasteiger partial charge in [0.2, 0.25) is 0 Å². The van der Waals surface area contributed by atoms with E-state index >= 15 is 0 Å². The lowest BCUT2D eigenvalue weighted by atomic mass is 9.71. The van der Waals surface area contributed by atoms with E-state index in [1.807, 2.05) is 0 Å². The Morgan fingerprint density at radius 1 is 1.31 bits per heavy atom. The number of aliphatic carboxylic acids is 1. The summed E-state index contributed by atoms with van der Waals surface area (Å²) in [7, 11) is 0. The molecule has 0 saturated heterocycles. The Morgan fingerprint density at radius 2 is 1.77 bits per heavy atom. The van der Waals surface area contributed by atoms with Crippen molar-refractivity contribution in [1.29, 1.82) is 0 Å². The van der Waals surface area contributed by atoms with Crippen molar-refractivity contribution in [2.24, 2.45) is 11.3 Å². The molecule has 1 rings (SSSR count). The number of carbonyl (C=O) groups excluding carboxylic acids is 1. The fourth-order valence-corrected chi connectivity index (χ4v) is 1.88. The summed E-state index contributed by atoms with van der Waals surface area (Å²) in [5.74, 6) is -0.422. The Labute approximate surface area is 78.1 Å². The van der Waals surface area contributed by atoms with Gasteiger partial charge in [0.1, 0.15) is 5.78 Å². The Morgan fingerprint density at radius 3 is 2.08 bits per heavy atom. The molecule has 1 fully saturated rings. The van der Waals surface area contributed by atoms with Gasteiger partial charge in [-0.25, -0.2) is 0 Å². The molecular formula is C10H16O3. The van der Waals surface area contributed by atoms with Crippen LogP contribution in [-0.4, -0.2) is 16.9 Å². The lowest BCUT2D eigenvalue weighted by Gasteiger charge is -2.32. The zero-order chi connectivity index (χ0) is 10.1. The molecule has 0 amide bonds. The first-order chi connectivity index (χ1) is 5.96. The summed E-state index contributed by atoms with van der Waals surface area (Å²) in [6, 6.07) is 0. The smallest absolute Gasteiger partial charge is 0.309 e. The topological polar surface area (TPSA) is 54.4 Å². The second-order valence-electron chi connectivity index (χ2n) is 4.25. The molecule has 0 radical (unpaired) electrons. The molecule has 1 N–H and O–H groups in total. The molecule has 0 aromatic rings. The second-order valence-corrected chi connectivity index (χ2v) is 4.25. The minimum Gasteiger partial charge on any atom is -0.481 e. The van der Waals surface area contributed by atoms with Gasteiger partial charge in [0.25, 0.3) is 0 Å². The van der Waals surface area contributed by atoms with Crippen LogP contribution in [-0.2, 0) is 9.59 Å². The molecule has 0 aromatic heterocycles. The summed E-state index contributed by atoms with van der Waals surface area (Å²) in [5.41, 5.74) is -0.591. The molecular weight excluding hydrogens is 168 g/mol. The maximum absolute atomic E-state index is 11.0. The van der Waals surface area contributed by atoms with Crippen LogP contribution >= 0.6 is 0 Å². The lowest BCUT2D eigenvalue weighted by molar-refractivity contribution is -0.151. The highest BCUT2D eigenvalue weighted by Crippen LogP contribution is 2.38. The Hall–Kier alpha value is -0.860. The second kappa shape index (κ2) is 3.48. The van der Waals surface area contributed by atoms with Gasteiger partial charge in [-0.1, -0.05) is 0 Å². The maximum Gasteiger partial charge on any atom is 0.309 e. The molecule has 0 spiro atoms. The van der Waals surface area contributed by atoms with Gasteiger partial charge in [0.15, 0.2) is 0 Å². The van der Waals surface area contributed by atoms with Crippen LogP contribution in [0.2, 0.25) is 0 Å². The zero-order valence-corrected chi connectivity index (χ0v) is 8.17. The molecule has 74 valence electrons. The van der Waals surface area contributed by atoms with E-state index < -0.39 is 11.4 Å². The van der Waals surface area contributed by atoms with Gasteiger partial charge in [0, 0.05) is 5.92 Å². The highest BCUT2D eigenvalue weighted by Gasteiger charge is 2.38. The van der Waals surface area contributed by atoms with Gasteiger partial charge in [-0.3, -0.25) is 9.59 Å². The van der Waals surface area contributed by atoms with Gasteiger partial charge in [0.05, 0.1) is 5.41 Å². The van der Waals surface area contributed by atoms with E-state index in [1.165, 1.54) is 0 Å². The van der Waals surface area contributed by atoms with Gasteiger partial charge < -0.3 is 5.11 Å². The van der Waals surface area contributed by atoms with E-state index in [0.29, 0.717) is 12.8 Å². The molecule has 1 aliphatic rings. The average molecular weight is 184 g/mol. The van der Waals surface area contributed by atoms with Gasteiger partial charge in [-0.05, 0) is 39.5 Å². The summed E-state index contributed by atoms with van der Waals surface area (Å²) < 4.78 is 0. The third-order valence-electron chi connectivity index (χ3n) is 3.18. The normalized spacial score (nSPS) is 34.2. The van der Waals surface area contributed by atoms with Crippen LogP contribution in [0, 0.1) is 11.3 Å². The van der Waals surface area contributed by atoms with Gasteiger partial charge >= 0.3 is 5.97 Å². The quantitative estimate of drug-likeness (QED) is 0.712. The number of Topliss-reactive ketones (excluding diaryl/α,β-unsaturated/α-hetero) is 1. The highest BCUT2D eigenvalue weighted by molar-refractivity contribution is 5.79. The van der Waals surface area contributed by atoms with E-state index in [4.69, 9.17) is 5.11 Å². The number of carboxylic acid groups (broad SMARTS) is 1. The summed E-state index contributed by atoms with van der Waals surface area (Å²) in [6.07, 6.45) is 2.73. The Balaban J connectivity index is 2.56. The van der Waals surface area contributed by atoms with Crippen molar-refractivity contribution in [3.63, 3.8) is 0 Å². The lowest BCUT2D eigenvalue weighted by Crippen LogP contribution is -2.33. The highest BCUT2D eigenvalue weighted by atomic mass is 16.4. The maximum atomic E-state index is 11.0. The minimum atomic E-state index is -0.727. The first-order valence-electron chi connectivity index (χ1n) is 4.69. The van der Waals surface area contributed by atoms with Crippen molar-refractivity contribution < 1.29 is 14.7 Å². The summed E-state index contributed by atoms with van der Waals surface area (Å²) >= 11 is 0. The molecule has 0 bridgehead atoms. The number of hydrogen-bond donors (Lipinski definition) is 1. The molecule has 0 aliphatic heterocycles. The molecule has 3 nitrogen and oxygen atoms in total. The fraction of sp³-hybridized carbons (Fsp3) is 0.800. The largest absolute Gasteiger partial charge is 0.481 e. The third-order valence-corrected chi connectivity index (χ3v) is 3.18. The SMILES string of the molecule is CC(=O)[C@H]1CC[C@](C)(C(=O)O)CC1. The molecule has 1 aliphatic carbocycles. The molecule has 1 saturated carbocycles. The van der Waals surface area contributed by atoms with Gasteiger partial charge in [-0.15, -0.1) is 0 Å². The average Bonchev–Trinajstić information content (AvgIpc) is 2.04. The van der Waals surface area contributed by atoms with Gasteiger partial charge in [-0.2, -0.15) is 0 Å². The summed E-state index contributed by atoms with van der Waals surface area (Å²) in [5, 5.41) is 8.94. The third kappa shape index (κ3) is 2.08. The standard InChI is InChI=1S/C10H16O3/c1-7(11)8-3-5-10(2,6-4-8)9(12)13/h8H,3-6H2,1-2H3,(H,12,13)/t8-,10-. The first kappa shape index (κ1) is 10.2. The number of ketones is 1. The summed E-state index contributed by atoms with van der Waals surface area (Å²) in [4.78, 5) is 21.9. The fourth-order valence-electron chi connectivity index (χ4n) is 1.88. The Bertz CT molecular complexity index is 224. The van der Waals surface area contributed by atoms with Crippen LogP contribution in [0.1, 0.15) is 39.5 Å². The Kier molecular flexibility index (Phi) is 2.74. The van der Waals surface area contributed by atoms with Crippen molar-refractivity contribution in [2.45, 2.75) is 39.5 Å². The van der Waals surface area contributed by atoms with Crippen LogP contribution in [0.3, 0.4) is 0 Å². The molecule has 3 heteroatoms. The zero-order valence-electron chi connectivity index (χ0n) is 8.17. The van der Waals surface area contributed by atoms with Crippen molar-refractivity contribution in [3.05, 3.63) is 0 Å². The first-order valence-corrected chi connectivity index (χ1v) is 4.69. The number of hydrogen-bond acceptors (Lipinski definition) is 2. The molecule has 13 heavy (non-hydrogen) atoms. The molecule has 0 unspecified atom stereocenters. The van der Waals surface area contributed by atoms with Crippen molar-refractivity contribution in [3.8, 4) is 0 Å². The van der Waals surface area contributed by atoms with Crippen LogP contribution in [0.15, 0.2) is 0 Å². The van der Waals surface area contributed by atoms with Crippen molar-refractivity contribution in [2.75, 3.05) is 0 Å². The van der Waals surface area contributed by atoms with E-state index in [9.17, 15) is 9.59 Å². The number of carboxylic acids is 1. The van der Waals surface area contributed by atoms with Crippen LogP contribution in [0.4, 0.5) is 0 Å². The summed E-state index contributed by atoms with van der Waals surface area (Å²) in [6.45, 7) is 3.36. The van der Waals surface area contributed by atoms with Crippen LogP contribution in [0.5, 0.6) is 0 Å². The van der Waals surface area contributed by atoms with E-state index in [-0.39, 0.29) is 11.7 Å². The van der Waals surface area contributed by atoms with Crippen molar-refractivity contribution >= 4 is 11.8 Å². The van der Waals surface area contributed by atoms with Crippen LogP contribution < -0.4 is 0 Å². The molecule has 0 atom stereocenters. The van der Waals surface area contributed by atoms with Crippen molar-refractivity contribution in [1.82, 2.24) is 0 Å². The molecule has 0 aromatic carbocycles. The number of carbonyl (C=O) groups is 2. The monoisotopic (exact) mass is 184 g/mol. The van der Waals surface area contributed by atoms with Crippen LogP contribution in [0.25, 0.3) is 0 Å². The minimum absolute atomic E-state index is 0.104. The van der Waals surface area contributed by atoms with E-state index in [0.717, 1.165) is 12.8 Å². The van der Waals surface area contributed by atoms with E-state index in [1.54, 1.807) is 13.8 Å². The number of rotatable bonds is 2. The predicted molar refractivity (Wildman–Crippen MR) is 48.4 cm³/mol.